The number of nitrogens with zero attached hydrogens (tertiary/aromatic N) is 3. The number of benzene rings is 1. The van der Waals surface area contributed by atoms with Gasteiger partial charge in [0.15, 0.2) is 0 Å². The van der Waals surface area contributed by atoms with Crippen LogP contribution in [0.3, 0.4) is 0 Å². The summed E-state index contributed by atoms with van der Waals surface area (Å²) in [6.45, 7) is 0. The molecule has 0 radical (unpaired) electrons. The minimum absolute atomic E-state index is 0.0738. The van der Waals surface area contributed by atoms with Crippen LogP contribution in [-0.4, -0.2) is 9.91 Å². The molecule has 0 aliphatic rings. The molecule has 100 valence electrons. The van der Waals surface area contributed by atoms with Crippen molar-refractivity contribution in [3.63, 3.8) is 0 Å². The summed E-state index contributed by atoms with van der Waals surface area (Å²) >= 11 is 5.78. The second-order valence-corrected chi connectivity index (χ2v) is 4.00. The zero-order chi connectivity index (χ0) is 14.7. The summed E-state index contributed by atoms with van der Waals surface area (Å²) in [5.74, 6) is -0.769. The smallest absolute Gasteiger partial charge is 0.289 e. The molecule has 0 saturated heterocycles. The van der Waals surface area contributed by atoms with E-state index < -0.39 is 10.7 Å². The van der Waals surface area contributed by atoms with Gasteiger partial charge in [-0.05, 0) is 12.1 Å². The van der Waals surface area contributed by atoms with Crippen LogP contribution in [0.25, 0.3) is 0 Å². The second kappa shape index (κ2) is 5.50. The third-order valence-corrected chi connectivity index (χ3v) is 2.55. The molecule has 1 aromatic heterocycles. The fourth-order valence-electron chi connectivity index (χ4n) is 1.35. The maximum absolute atomic E-state index is 13.4. The molecule has 8 heteroatoms. The van der Waals surface area contributed by atoms with Crippen molar-refractivity contribution in [2.45, 2.75) is 0 Å². The highest BCUT2D eigenvalue weighted by Crippen LogP contribution is 2.30. The average molecular weight is 294 g/mol. The first-order valence-electron chi connectivity index (χ1n) is 5.18. The molecule has 0 unspecified atom stereocenters. The molecule has 6 nitrogen and oxygen atoms in total. The van der Waals surface area contributed by atoms with Gasteiger partial charge in [-0.15, -0.1) is 0 Å². The molecular formula is C12H5ClFN3O3. The van der Waals surface area contributed by atoms with Crippen molar-refractivity contribution < 1.29 is 14.1 Å². The number of hydrogen-bond donors (Lipinski definition) is 0. The molecule has 0 fully saturated rings. The molecule has 0 amide bonds. The SMILES string of the molecule is N#Cc1ccc(Oc2ncc([N+](=O)[O-])cc2Cl)cc1F. The Morgan fingerprint density at radius 3 is 2.75 bits per heavy atom. The van der Waals surface area contributed by atoms with Crippen molar-refractivity contribution in [3.05, 3.63) is 57.0 Å². The van der Waals surface area contributed by atoms with Crippen LogP contribution in [-0.2, 0) is 0 Å². The third kappa shape index (κ3) is 2.81. The minimum Gasteiger partial charge on any atom is -0.437 e. The molecule has 2 rings (SSSR count). The molecule has 20 heavy (non-hydrogen) atoms. The lowest BCUT2D eigenvalue weighted by molar-refractivity contribution is -0.385. The number of nitro groups is 1. The van der Waals surface area contributed by atoms with Crippen LogP contribution in [0.15, 0.2) is 30.5 Å². The van der Waals surface area contributed by atoms with E-state index in [2.05, 4.69) is 4.98 Å². The van der Waals surface area contributed by atoms with E-state index >= 15 is 0 Å². The van der Waals surface area contributed by atoms with Crippen molar-refractivity contribution in [1.29, 1.82) is 5.26 Å². The van der Waals surface area contributed by atoms with Crippen LogP contribution < -0.4 is 4.74 Å². The van der Waals surface area contributed by atoms with E-state index in [1.54, 1.807) is 6.07 Å². The van der Waals surface area contributed by atoms with Gasteiger partial charge in [0.2, 0.25) is 5.88 Å². The summed E-state index contributed by atoms with van der Waals surface area (Å²) in [5, 5.41) is 19.0. The van der Waals surface area contributed by atoms with Gasteiger partial charge < -0.3 is 4.74 Å². The van der Waals surface area contributed by atoms with Crippen LogP contribution in [0.5, 0.6) is 11.6 Å². The molecule has 0 atom stereocenters. The van der Waals surface area contributed by atoms with E-state index in [9.17, 15) is 14.5 Å². The van der Waals surface area contributed by atoms with E-state index in [1.807, 2.05) is 0 Å². The molecule has 0 aliphatic carbocycles. The van der Waals surface area contributed by atoms with Crippen molar-refractivity contribution in [2.24, 2.45) is 0 Å². The highest BCUT2D eigenvalue weighted by Gasteiger charge is 2.13. The summed E-state index contributed by atoms with van der Waals surface area (Å²) in [7, 11) is 0. The molecule has 0 aliphatic heterocycles. The number of pyridine rings is 1. The van der Waals surface area contributed by atoms with Gasteiger partial charge in [-0.3, -0.25) is 10.1 Å². The average Bonchev–Trinajstić information content (AvgIpc) is 2.41. The fourth-order valence-corrected chi connectivity index (χ4v) is 1.55. The van der Waals surface area contributed by atoms with E-state index in [4.69, 9.17) is 21.6 Å². The first-order chi connectivity index (χ1) is 9.51. The molecule has 2 aromatic rings. The maximum atomic E-state index is 13.4. The van der Waals surface area contributed by atoms with Crippen molar-refractivity contribution in [3.8, 4) is 17.7 Å². The lowest BCUT2D eigenvalue weighted by atomic mass is 10.2. The zero-order valence-corrected chi connectivity index (χ0v) is 10.5. The molecular weight excluding hydrogens is 289 g/mol. The second-order valence-electron chi connectivity index (χ2n) is 3.59. The van der Waals surface area contributed by atoms with Gasteiger partial charge >= 0.3 is 0 Å². The Hall–Kier alpha value is -2.72. The van der Waals surface area contributed by atoms with Crippen molar-refractivity contribution >= 4 is 17.3 Å². The zero-order valence-electron chi connectivity index (χ0n) is 9.71. The minimum atomic E-state index is -0.747. The summed E-state index contributed by atoms with van der Waals surface area (Å²) < 4.78 is 18.6. The van der Waals surface area contributed by atoms with Crippen molar-refractivity contribution in [2.75, 3.05) is 0 Å². The Morgan fingerprint density at radius 2 is 2.20 bits per heavy atom. The first-order valence-corrected chi connectivity index (χ1v) is 5.56. The molecule has 0 saturated carbocycles. The predicted molar refractivity (Wildman–Crippen MR) is 67.1 cm³/mol. The lowest BCUT2D eigenvalue weighted by Crippen LogP contribution is -1.94. The highest BCUT2D eigenvalue weighted by atomic mass is 35.5. The Kier molecular flexibility index (Phi) is 3.77. The summed E-state index contributed by atoms with van der Waals surface area (Å²) in [6, 6.07) is 6.34. The van der Waals surface area contributed by atoms with Crippen LogP contribution >= 0.6 is 11.6 Å². The number of hydrogen-bond acceptors (Lipinski definition) is 5. The Labute approximate surface area is 117 Å². The Morgan fingerprint density at radius 1 is 1.45 bits per heavy atom. The van der Waals surface area contributed by atoms with Crippen LogP contribution in [0.4, 0.5) is 10.1 Å². The third-order valence-electron chi connectivity index (χ3n) is 2.28. The predicted octanol–water partition coefficient (Wildman–Crippen LogP) is 3.45. The number of halogens is 2. The Balaban J connectivity index is 2.29. The van der Waals surface area contributed by atoms with E-state index in [0.717, 1.165) is 18.3 Å². The van der Waals surface area contributed by atoms with Gasteiger partial charge in [0, 0.05) is 12.1 Å². The Bertz CT molecular complexity index is 730. The molecule has 0 N–H and O–H groups in total. The van der Waals surface area contributed by atoms with Gasteiger partial charge in [0.1, 0.15) is 28.9 Å². The molecule has 0 spiro atoms. The largest absolute Gasteiger partial charge is 0.437 e. The summed E-state index contributed by atoms with van der Waals surface area (Å²) in [4.78, 5) is 13.6. The summed E-state index contributed by atoms with van der Waals surface area (Å²) in [6.07, 6.45) is 0.973. The number of aromatic nitrogens is 1. The number of nitriles is 1. The molecule has 0 bridgehead atoms. The highest BCUT2D eigenvalue weighted by molar-refractivity contribution is 6.32. The van der Waals surface area contributed by atoms with Gasteiger partial charge in [-0.25, -0.2) is 9.37 Å². The topological polar surface area (TPSA) is 89.0 Å². The van der Waals surface area contributed by atoms with E-state index in [0.29, 0.717) is 0 Å². The van der Waals surface area contributed by atoms with Gasteiger partial charge in [-0.2, -0.15) is 5.26 Å². The normalized spacial score (nSPS) is 9.85. The maximum Gasteiger partial charge on any atom is 0.289 e. The number of ether oxygens (including phenoxy) is 1. The van der Waals surface area contributed by atoms with Gasteiger partial charge in [-0.1, -0.05) is 11.6 Å². The van der Waals surface area contributed by atoms with Crippen LogP contribution in [0.2, 0.25) is 5.02 Å². The standard InChI is InChI=1S/C12H5ClFN3O3/c13-10-3-8(17(18)19)6-16-12(10)20-9-2-1-7(5-15)11(14)4-9/h1-4,6H. The van der Waals surface area contributed by atoms with E-state index in [1.165, 1.54) is 12.1 Å². The first kappa shape index (κ1) is 13.7. The summed E-state index contributed by atoms with van der Waals surface area (Å²) in [5.41, 5.74) is -0.409. The lowest BCUT2D eigenvalue weighted by Gasteiger charge is -2.06. The van der Waals surface area contributed by atoms with Crippen molar-refractivity contribution in [1.82, 2.24) is 4.98 Å². The van der Waals surface area contributed by atoms with Crippen LogP contribution in [0.1, 0.15) is 5.56 Å². The molecule has 1 aromatic carbocycles. The van der Waals surface area contributed by atoms with Gasteiger partial charge in [0.25, 0.3) is 5.69 Å². The quantitative estimate of drug-likeness (QED) is 0.638. The van der Waals surface area contributed by atoms with Crippen LogP contribution in [0, 0.1) is 27.3 Å². The van der Waals surface area contributed by atoms with Gasteiger partial charge in [0.05, 0.1) is 10.5 Å². The monoisotopic (exact) mass is 293 g/mol. The van der Waals surface area contributed by atoms with E-state index in [-0.39, 0.29) is 27.9 Å². The molecule has 1 heterocycles. The number of rotatable bonds is 3. The fraction of sp³-hybridized carbons (Fsp3) is 0.